The van der Waals surface area contributed by atoms with E-state index in [1.807, 2.05) is 0 Å². The molecule has 0 radical (unpaired) electrons. The Morgan fingerprint density at radius 2 is 1.55 bits per heavy atom. The van der Waals surface area contributed by atoms with Gasteiger partial charge in [-0.3, -0.25) is 0 Å². The molecule has 0 amide bonds. The predicted molar refractivity (Wildman–Crippen MR) is 78.0 cm³/mol. The van der Waals surface area contributed by atoms with Crippen molar-refractivity contribution >= 4 is 11.9 Å². The first-order chi connectivity index (χ1) is 10.8. The van der Waals surface area contributed by atoms with E-state index < -0.39 is 0 Å². The van der Waals surface area contributed by atoms with Crippen molar-refractivity contribution in [3.05, 3.63) is 33.4 Å². The molecule has 0 spiro atoms. The summed E-state index contributed by atoms with van der Waals surface area (Å²) >= 11 is 0. The van der Waals surface area contributed by atoms with Gasteiger partial charge in [-0.15, -0.1) is 0 Å². The van der Waals surface area contributed by atoms with Crippen LogP contribution in [0, 0.1) is 5.92 Å². The SMILES string of the molecule is O=C1OCOC(=O)c2c3c(c1c1c2C2CCCCC2CC1)C3. The third-order valence-corrected chi connectivity index (χ3v) is 5.93. The fourth-order valence-electron chi connectivity index (χ4n) is 4.93. The van der Waals surface area contributed by atoms with E-state index in [-0.39, 0.29) is 18.7 Å². The molecular formula is C18H18O4. The molecule has 1 fully saturated rings. The van der Waals surface area contributed by atoms with Crippen molar-refractivity contribution in [3.8, 4) is 0 Å². The van der Waals surface area contributed by atoms with Crippen LogP contribution < -0.4 is 0 Å². The third kappa shape index (κ3) is 1.58. The lowest BCUT2D eigenvalue weighted by Crippen LogP contribution is -2.27. The van der Waals surface area contributed by atoms with Crippen LogP contribution in [0.3, 0.4) is 0 Å². The molecule has 4 heteroatoms. The molecule has 0 N–H and O–H groups in total. The number of ether oxygens (including phenoxy) is 2. The van der Waals surface area contributed by atoms with Crippen LogP contribution in [0.4, 0.5) is 0 Å². The van der Waals surface area contributed by atoms with Gasteiger partial charge in [0.15, 0.2) is 0 Å². The van der Waals surface area contributed by atoms with Crippen molar-refractivity contribution in [2.75, 3.05) is 6.79 Å². The zero-order valence-electron chi connectivity index (χ0n) is 12.4. The largest absolute Gasteiger partial charge is 0.424 e. The van der Waals surface area contributed by atoms with Gasteiger partial charge in [0.2, 0.25) is 6.79 Å². The summed E-state index contributed by atoms with van der Waals surface area (Å²) in [5, 5.41) is 0. The van der Waals surface area contributed by atoms with Gasteiger partial charge in [-0.05, 0) is 66.2 Å². The van der Waals surface area contributed by atoms with Gasteiger partial charge in [0.1, 0.15) is 0 Å². The first-order valence-electron chi connectivity index (χ1n) is 8.30. The van der Waals surface area contributed by atoms with E-state index >= 15 is 0 Å². The minimum atomic E-state index is -0.305. The van der Waals surface area contributed by atoms with Crippen LogP contribution in [0.1, 0.15) is 81.0 Å². The fourth-order valence-corrected chi connectivity index (χ4v) is 4.93. The number of hydrogen-bond acceptors (Lipinski definition) is 4. The normalized spacial score (nSPS) is 28.4. The maximum absolute atomic E-state index is 12.5. The van der Waals surface area contributed by atoms with Crippen LogP contribution in [0.25, 0.3) is 0 Å². The summed E-state index contributed by atoms with van der Waals surface area (Å²) in [5.74, 6) is 0.489. The van der Waals surface area contributed by atoms with E-state index in [0.29, 0.717) is 11.8 Å². The average Bonchev–Trinajstić information content (AvgIpc) is 3.30. The second-order valence-electron chi connectivity index (χ2n) is 6.95. The molecule has 4 nitrogen and oxygen atoms in total. The Hall–Kier alpha value is -1.84. The molecule has 1 aliphatic heterocycles. The Kier molecular flexibility index (Phi) is 2.50. The van der Waals surface area contributed by atoms with Gasteiger partial charge < -0.3 is 9.47 Å². The lowest BCUT2D eigenvalue weighted by atomic mass is 9.66. The number of hydrogen-bond donors (Lipinski definition) is 0. The van der Waals surface area contributed by atoms with Gasteiger partial charge in [0.25, 0.3) is 0 Å². The van der Waals surface area contributed by atoms with Gasteiger partial charge in [-0.2, -0.15) is 0 Å². The second kappa shape index (κ2) is 4.34. The zero-order chi connectivity index (χ0) is 14.8. The highest BCUT2D eigenvalue weighted by atomic mass is 16.7. The molecule has 0 aromatic heterocycles. The monoisotopic (exact) mass is 298 g/mol. The van der Waals surface area contributed by atoms with Gasteiger partial charge in [0.05, 0.1) is 11.1 Å². The molecule has 1 aromatic rings. The van der Waals surface area contributed by atoms with Crippen molar-refractivity contribution in [2.45, 2.75) is 50.9 Å². The van der Waals surface area contributed by atoms with Crippen molar-refractivity contribution in [1.82, 2.24) is 0 Å². The lowest BCUT2D eigenvalue weighted by Gasteiger charge is -2.38. The van der Waals surface area contributed by atoms with Gasteiger partial charge in [0, 0.05) is 0 Å². The Bertz CT molecular complexity index is 719. The highest BCUT2D eigenvalue weighted by Crippen LogP contribution is 2.52. The summed E-state index contributed by atoms with van der Waals surface area (Å²) in [6.07, 6.45) is 7.65. The van der Waals surface area contributed by atoms with Crippen LogP contribution in [-0.4, -0.2) is 18.7 Å². The van der Waals surface area contributed by atoms with Crippen LogP contribution >= 0.6 is 0 Å². The molecular weight excluding hydrogens is 280 g/mol. The first kappa shape index (κ1) is 12.7. The van der Waals surface area contributed by atoms with Crippen LogP contribution in [0.2, 0.25) is 0 Å². The Morgan fingerprint density at radius 1 is 0.818 bits per heavy atom. The maximum atomic E-state index is 12.5. The molecule has 0 saturated heterocycles. The van der Waals surface area contributed by atoms with Crippen molar-refractivity contribution in [2.24, 2.45) is 5.92 Å². The third-order valence-electron chi connectivity index (χ3n) is 5.93. The summed E-state index contributed by atoms with van der Waals surface area (Å²) in [7, 11) is 0. The van der Waals surface area contributed by atoms with Crippen LogP contribution in [0.15, 0.2) is 0 Å². The summed E-state index contributed by atoms with van der Waals surface area (Å²) < 4.78 is 10.3. The topological polar surface area (TPSA) is 52.6 Å². The standard InChI is InChI=1S/C18H18O4/c19-17-15-11-6-5-9-3-1-2-4-10(9)14(11)16(13-7-12(13)15)18(20)22-8-21-17/h9-10H,1-8H2. The second-order valence-corrected chi connectivity index (χ2v) is 6.95. The average molecular weight is 298 g/mol. The molecule has 2 unspecified atom stereocenters. The van der Waals surface area contributed by atoms with Crippen molar-refractivity contribution in [1.29, 1.82) is 0 Å². The highest BCUT2D eigenvalue weighted by molar-refractivity contribution is 6.03. The molecule has 2 atom stereocenters. The Morgan fingerprint density at radius 3 is 2.41 bits per heavy atom. The lowest BCUT2D eigenvalue weighted by molar-refractivity contribution is -0.0163. The van der Waals surface area contributed by atoms with Crippen LogP contribution in [-0.2, 0) is 22.3 Å². The van der Waals surface area contributed by atoms with E-state index in [9.17, 15) is 9.59 Å². The van der Waals surface area contributed by atoms with E-state index in [1.165, 1.54) is 19.3 Å². The molecule has 114 valence electrons. The first-order valence-corrected chi connectivity index (χ1v) is 8.30. The molecule has 3 aliphatic carbocycles. The van der Waals surface area contributed by atoms with Gasteiger partial charge >= 0.3 is 11.9 Å². The highest BCUT2D eigenvalue weighted by Gasteiger charge is 2.44. The number of esters is 2. The van der Waals surface area contributed by atoms with Gasteiger partial charge in [-0.25, -0.2) is 9.59 Å². The van der Waals surface area contributed by atoms with Crippen molar-refractivity contribution < 1.29 is 19.1 Å². The summed E-state index contributed by atoms with van der Waals surface area (Å²) in [6.45, 7) is -0.264. The van der Waals surface area contributed by atoms with E-state index in [4.69, 9.17) is 9.47 Å². The molecule has 2 bridgehead atoms. The number of carbonyl (C=O) groups is 2. The quantitative estimate of drug-likeness (QED) is 0.701. The summed E-state index contributed by atoms with van der Waals surface area (Å²) in [5.41, 5.74) is 5.86. The summed E-state index contributed by atoms with van der Waals surface area (Å²) in [6, 6.07) is 0. The minimum absolute atomic E-state index is 0.264. The minimum Gasteiger partial charge on any atom is -0.424 e. The van der Waals surface area contributed by atoms with E-state index in [2.05, 4.69) is 0 Å². The molecule has 4 aliphatic rings. The molecule has 22 heavy (non-hydrogen) atoms. The molecule has 1 saturated carbocycles. The number of benzene rings is 1. The maximum Gasteiger partial charge on any atom is 0.341 e. The number of carbonyl (C=O) groups excluding carboxylic acids is 2. The van der Waals surface area contributed by atoms with Gasteiger partial charge in [-0.1, -0.05) is 12.8 Å². The molecule has 1 aromatic carbocycles. The number of cyclic esters (lactones) is 2. The predicted octanol–water partition coefficient (Wildman–Crippen LogP) is 3.10. The Labute approximate surface area is 128 Å². The number of fused-ring (bicyclic) bond motifs is 5. The zero-order valence-corrected chi connectivity index (χ0v) is 12.4. The smallest absolute Gasteiger partial charge is 0.341 e. The fraction of sp³-hybridized carbons (Fsp3) is 0.556. The number of rotatable bonds is 0. The molecule has 1 heterocycles. The Balaban J connectivity index is 1.79. The molecule has 5 rings (SSSR count). The van der Waals surface area contributed by atoms with E-state index in [0.717, 1.165) is 59.1 Å². The van der Waals surface area contributed by atoms with Crippen molar-refractivity contribution in [3.63, 3.8) is 0 Å². The summed E-state index contributed by atoms with van der Waals surface area (Å²) in [4.78, 5) is 24.9. The van der Waals surface area contributed by atoms with E-state index in [1.54, 1.807) is 0 Å². The van der Waals surface area contributed by atoms with Crippen LogP contribution in [0.5, 0.6) is 0 Å².